The molecule has 0 N–H and O–H groups in total. The molecule has 0 atom stereocenters. The first-order chi connectivity index (χ1) is 6.45. The molecule has 0 aromatic heterocycles. The molecule has 0 saturated heterocycles. The van der Waals surface area contributed by atoms with Crippen LogP contribution in [-0.4, -0.2) is 12.8 Å². The molecule has 0 bridgehead atoms. The number of benzene rings is 1. The lowest BCUT2D eigenvalue weighted by atomic mass is 10.0. The van der Waals surface area contributed by atoms with E-state index in [0.717, 1.165) is 6.54 Å². The average Bonchev–Trinajstić information content (AvgIpc) is 2.56. The normalized spacial score (nSPS) is 17.5. The molecule has 1 aromatic rings. The van der Waals surface area contributed by atoms with Crippen LogP contribution in [0, 0.1) is 0 Å². The Morgan fingerprint density at radius 3 is 3.08 bits per heavy atom. The fraction of sp³-hybridized carbons (Fsp3) is 0.0833. The van der Waals surface area contributed by atoms with Gasteiger partial charge in [-0.05, 0) is 34.4 Å². The van der Waals surface area contributed by atoms with Gasteiger partial charge in [0.05, 0.1) is 6.54 Å². The van der Waals surface area contributed by atoms with E-state index in [2.05, 4.69) is 41.4 Å². The first-order valence-corrected chi connectivity index (χ1v) is 4.45. The van der Waals surface area contributed by atoms with Gasteiger partial charge in [0.2, 0.25) is 0 Å². The summed E-state index contributed by atoms with van der Waals surface area (Å²) in [6, 6.07) is 8.49. The molecule has 3 rings (SSSR count). The Balaban J connectivity index is 2.26. The van der Waals surface area contributed by atoms with Crippen molar-refractivity contribution in [2.24, 2.45) is 4.99 Å². The number of rotatable bonds is 0. The van der Waals surface area contributed by atoms with E-state index in [4.69, 9.17) is 0 Å². The maximum atomic E-state index is 4.23. The lowest BCUT2D eigenvalue weighted by Gasteiger charge is -2.06. The van der Waals surface area contributed by atoms with Crippen molar-refractivity contribution in [2.75, 3.05) is 6.54 Å². The van der Waals surface area contributed by atoms with Crippen LogP contribution in [0.15, 0.2) is 40.9 Å². The van der Waals surface area contributed by atoms with Gasteiger partial charge >= 0.3 is 0 Å². The zero-order chi connectivity index (χ0) is 8.67. The number of fused-ring (bicyclic) bond motifs is 3. The van der Waals surface area contributed by atoms with Crippen LogP contribution in [0.2, 0.25) is 0 Å². The lowest BCUT2D eigenvalue weighted by molar-refractivity contribution is 1.21. The zero-order valence-electron chi connectivity index (χ0n) is 7.20. The summed E-state index contributed by atoms with van der Waals surface area (Å²) in [5.74, 6) is 0. The molecule has 0 radical (unpaired) electrons. The summed E-state index contributed by atoms with van der Waals surface area (Å²) in [6.07, 6.45) is 6.23. The average molecular weight is 167 g/mol. The monoisotopic (exact) mass is 167 g/mol. The van der Waals surface area contributed by atoms with Crippen LogP contribution in [0.5, 0.6) is 0 Å². The summed E-state index contributed by atoms with van der Waals surface area (Å²) in [5, 5.41) is 0. The smallest absolute Gasteiger partial charge is 0.0645 e. The van der Waals surface area contributed by atoms with Gasteiger partial charge in [-0.15, -0.1) is 0 Å². The van der Waals surface area contributed by atoms with Gasteiger partial charge in [0.1, 0.15) is 0 Å². The summed E-state index contributed by atoms with van der Waals surface area (Å²) < 4.78 is 0. The Hall–Kier alpha value is -1.63. The second-order valence-electron chi connectivity index (χ2n) is 3.33. The topological polar surface area (TPSA) is 12.4 Å². The standard InChI is InChI=1S/C12H9N/c1-2-4-11-9(3-1)7-10-8-13-6-5-12(10)11/h1-7H,8H2. The Bertz CT molecular complexity index is 450. The molecule has 1 nitrogen and oxygen atoms in total. The largest absolute Gasteiger partial charge is 0.288 e. The highest BCUT2D eigenvalue weighted by Crippen LogP contribution is 2.35. The predicted molar refractivity (Wildman–Crippen MR) is 55.8 cm³/mol. The highest BCUT2D eigenvalue weighted by Gasteiger charge is 2.18. The molecular weight excluding hydrogens is 158 g/mol. The number of hydrogen-bond acceptors (Lipinski definition) is 1. The number of hydrogen-bond donors (Lipinski definition) is 0. The molecule has 0 unspecified atom stereocenters. The van der Waals surface area contributed by atoms with Crippen LogP contribution in [0.1, 0.15) is 11.1 Å². The first kappa shape index (κ1) is 6.84. The van der Waals surface area contributed by atoms with Gasteiger partial charge < -0.3 is 0 Å². The minimum atomic E-state index is 0.834. The van der Waals surface area contributed by atoms with Gasteiger partial charge in [-0.2, -0.15) is 0 Å². The van der Waals surface area contributed by atoms with Gasteiger partial charge in [-0.25, -0.2) is 0 Å². The van der Waals surface area contributed by atoms with Gasteiger partial charge in [-0.1, -0.05) is 24.3 Å². The van der Waals surface area contributed by atoms with E-state index in [-0.39, 0.29) is 0 Å². The first-order valence-electron chi connectivity index (χ1n) is 4.45. The molecule has 13 heavy (non-hydrogen) atoms. The zero-order valence-corrected chi connectivity index (χ0v) is 7.20. The van der Waals surface area contributed by atoms with E-state index in [0.29, 0.717) is 0 Å². The van der Waals surface area contributed by atoms with Crippen LogP contribution < -0.4 is 0 Å². The Morgan fingerprint density at radius 2 is 2.08 bits per heavy atom. The van der Waals surface area contributed by atoms with Crippen molar-refractivity contribution in [1.29, 1.82) is 0 Å². The number of aliphatic imine (C=N–C) groups is 1. The van der Waals surface area contributed by atoms with Crippen molar-refractivity contribution in [3.63, 3.8) is 0 Å². The van der Waals surface area contributed by atoms with Gasteiger partial charge in [0.25, 0.3) is 0 Å². The van der Waals surface area contributed by atoms with Crippen LogP contribution in [-0.2, 0) is 0 Å². The summed E-state index contributed by atoms with van der Waals surface area (Å²) in [6.45, 7) is 0.834. The van der Waals surface area contributed by atoms with Crippen molar-refractivity contribution in [1.82, 2.24) is 0 Å². The van der Waals surface area contributed by atoms with Crippen LogP contribution in [0.4, 0.5) is 0 Å². The quantitative estimate of drug-likeness (QED) is 0.563. The van der Waals surface area contributed by atoms with E-state index in [1.54, 1.807) is 0 Å². The molecule has 1 heterocycles. The van der Waals surface area contributed by atoms with Crippen LogP contribution in [0.3, 0.4) is 0 Å². The molecule has 0 spiro atoms. The third-order valence-corrected chi connectivity index (χ3v) is 2.53. The third kappa shape index (κ3) is 0.903. The Morgan fingerprint density at radius 1 is 1.15 bits per heavy atom. The van der Waals surface area contributed by atoms with E-state index in [1.807, 2.05) is 6.21 Å². The second kappa shape index (κ2) is 2.43. The molecule has 1 aliphatic heterocycles. The lowest BCUT2D eigenvalue weighted by Crippen LogP contribution is -1.94. The molecule has 0 saturated carbocycles. The van der Waals surface area contributed by atoms with E-state index in [1.165, 1.54) is 22.3 Å². The van der Waals surface area contributed by atoms with Crippen LogP contribution in [0.25, 0.3) is 11.6 Å². The van der Waals surface area contributed by atoms with Crippen molar-refractivity contribution in [2.45, 2.75) is 0 Å². The van der Waals surface area contributed by atoms with Crippen molar-refractivity contribution < 1.29 is 0 Å². The molecule has 1 aliphatic carbocycles. The minimum absolute atomic E-state index is 0.834. The predicted octanol–water partition coefficient (Wildman–Crippen LogP) is 2.55. The minimum Gasteiger partial charge on any atom is -0.288 e. The van der Waals surface area contributed by atoms with E-state index < -0.39 is 0 Å². The summed E-state index contributed by atoms with van der Waals surface area (Å²) in [7, 11) is 0. The van der Waals surface area contributed by atoms with E-state index in [9.17, 15) is 0 Å². The fourth-order valence-electron chi connectivity index (χ4n) is 1.91. The molecule has 1 heteroatoms. The molecule has 2 aliphatic rings. The second-order valence-corrected chi connectivity index (χ2v) is 3.33. The maximum Gasteiger partial charge on any atom is 0.0645 e. The maximum absolute atomic E-state index is 4.23. The SMILES string of the molecule is C1=NCC2=Cc3ccccc3C2=C1. The van der Waals surface area contributed by atoms with Gasteiger partial charge in [-0.3, -0.25) is 4.99 Å². The van der Waals surface area contributed by atoms with Gasteiger partial charge in [0, 0.05) is 6.21 Å². The molecule has 0 amide bonds. The van der Waals surface area contributed by atoms with E-state index >= 15 is 0 Å². The number of nitrogens with zero attached hydrogens (tertiary/aromatic N) is 1. The van der Waals surface area contributed by atoms with Gasteiger partial charge in [0.15, 0.2) is 0 Å². The molecular formula is C12H9N. The Labute approximate surface area is 77.1 Å². The highest BCUT2D eigenvalue weighted by atomic mass is 14.7. The summed E-state index contributed by atoms with van der Waals surface area (Å²) in [4.78, 5) is 4.23. The Kier molecular flexibility index (Phi) is 1.28. The highest BCUT2D eigenvalue weighted by molar-refractivity contribution is 6.02. The fourth-order valence-corrected chi connectivity index (χ4v) is 1.91. The number of allylic oxidation sites excluding steroid dienone is 1. The number of dihydropyridines is 1. The van der Waals surface area contributed by atoms with Crippen LogP contribution >= 0.6 is 0 Å². The molecule has 62 valence electrons. The third-order valence-electron chi connectivity index (χ3n) is 2.53. The summed E-state index contributed by atoms with van der Waals surface area (Å²) in [5.41, 5.74) is 5.38. The van der Waals surface area contributed by atoms with Crippen molar-refractivity contribution in [3.05, 3.63) is 47.0 Å². The molecule has 0 fully saturated rings. The summed E-state index contributed by atoms with van der Waals surface area (Å²) >= 11 is 0. The van der Waals surface area contributed by atoms with Crippen molar-refractivity contribution in [3.8, 4) is 0 Å². The molecule has 1 aromatic carbocycles. The van der Waals surface area contributed by atoms with Crippen molar-refractivity contribution >= 4 is 17.9 Å².